The van der Waals surface area contributed by atoms with Gasteiger partial charge in [-0.3, -0.25) is 4.79 Å². The molecule has 0 bridgehead atoms. The molecule has 2 aromatic rings. The fourth-order valence-corrected chi connectivity index (χ4v) is 5.26. The summed E-state index contributed by atoms with van der Waals surface area (Å²) < 4.78 is 10.3. The molecule has 1 heterocycles. The Balaban J connectivity index is 1.81. The molecule has 2 aromatic carbocycles. The number of piperidine rings is 1. The average Bonchev–Trinajstić information content (AvgIpc) is 3.15. The van der Waals surface area contributed by atoms with Crippen molar-refractivity contribution in [3.63, 3.8) is 0 Å². The maximum absolute atomic E-state index is 13.2. The standard InChI is InChI=1S/C24H29NO14/c1-38-16-9-12-8-13(18(26)15(12)10-17(16)39-2)11-19(27)21(30,31)23(34,35)25(24(36,37)22(19,32)33)20(28,29)14-6-4-3-5-7-14/h3-7,9-10,13,27-37H,8,11H2,1-2H3. The molecule has 4 rings (SSSR count). The normalized spacial score (nSPS) is 24.7. The third-order valence-electron chi connectivity index (χ3n) is 7.44. The summed E-state index contributed by atoms with van der Waals surface area (Å²) in [6, 6.07) is 8.34. The van der Waals surface area contributed by atoms with Crippen LogP contribution < -0.4 is 9.47 Å². The van der Waals surface area contributed by atoms with Gasteiger partial charge in [0.15, 0.2) is 22.9 Å². The molecule has 214 valence electrons. The van der Waals surface area contributed by atoms with Gasteiger partial charge in [-0.05, 0) is 30.5 Å². The van der Waals surface area contributed by atoms with E-state index in [-0.39, 0.29) is 23.5 Å². The highest BCUT2D eigenvalue weighted by Crippen LogP contribution is 2.56. The molecule has 0 aromatic heterocycles. The van der Waals surface area contributed by atoms with Crippen molar-refractivity contribution in [1.82, 2.24) is 4.90 Å². The van der Waals surface area contributed by atoms with E-state index in [0.717, 1.165) is 12.1 Å². The third kappa shape index (κ3) is 3.72. The van der Waals surface area contributed by atoms with Crippen molar-refractivity contribution in [1.29, 1.82) is 0 Å². The van der Waals surface area contributed by atoms with Crippen LogP contribution in [0.5, 0.6) is 11.5 Å². The number of aliphatic hydroxyl groups is 11. The van der Waals surface area contributed by atoms with Gasteiger partial charge in [0.1, 0.15) is 0 Å². The highest BCUT2D eigenvalue weighted by molar-refractivity contribution is 6.03. The Labute approximate surface area is 220 Å². The van der Waals surface area contributed by atoms with Crippen LogP contribution in [0.25, 0.3) is 0 Å². The van der Waals surface area contributed by atoms with Crippen LogP contribution in [-0.4, -0.2) is 110 Å². The second kappa shape index (κ2) is 8.87. The summed E-state index contributed by atoms with van der Waals surface area (Å²) in [4.78, 5) is 12.1. The first-order valence-electron chi connectivity index (χ1n) is 11.4. The fraction of sp³-hybridized carbons (Fsp3) is 0.458. The molecule has 2 aliphatic rings. The van der Waals surface area contributed by atoms with E-state index in [1.807, 2.05) is 0 Å². The molecule has 0 radical (unpaired) electrons. The molecule has 0 spiro atoms. The Kier molecular flexibility index (Phi) is 6.64. The van der Waals surface area contributed by atoms with Crippen LogP contribution >= 0.6 is 0 Å². The molecule has 1 unspecified atom stereocenters. The number of ether oxygens (including phenoxy) is 2. The van der Waals surface area contributed by atoms with E-state index in [4.69, 9.17) is 9.47 Å². The van der Waals surface area contributed by atoms with Crippen LogP contribution in [0, 0.1) is 5.92 Å². The Morgan fingerprint density at radius 2 is 1.33 bits per heavy atom. The van der Waals surface area contributed by atoms with Crippen molar-refractivity contribution in [2.45, 2.75) is 47.8 Å². The van der Waals surface area contributed by atoms with Crippen LogP contribution in [0.15, 0.2) is 42.5 Å². The fourth-order valence-electron chi connectivity index (χ4n) is 5.26. The van der Waals surface area contributed by atoms with Gasteiger partial charge in [-0.15, -0.1) is 4.90 Å². The lowest BCUT2D eigenvalue weighted by Crippen LogP contribution is -2.95. The molecule has 15 nitrogen and oxygen atoms in total. The number of ketones is 1. The number of carbonyl (C=O) groups is 1. The van der Waals surface area contributed by atoms with Gasteiger partial charge in [0, 0.05) is 17.0 Å². The minimum atomic E-state index is -4.64. The number of fused-ring (bicyclic) bond motifs is 1. The summed E-state index contributed by atoms with van der Waals surface area (Å²) in [6.07, 6.45) is -1.70. The van der Waals surface area contributed by atoms with Crippen LogP contribution in [0.3, 0.4) is 0 Å². The SMILES string of the molecule is COc1cc2c(cc1OC)C(=O)C(CC1(O)C(O)(O)C(O)(O)N(C(O)(O)c3ccccc3)C(O)(O)C1(O)O)C2. The van der Waals surface area contributed by atoms with E-state index in [1.54, 1.807) is 0 Å². The number of rotatable bonds is 6. The molecule has 39 heavy (non-hydrogen) atoms. The zero-order valence-electron chi connectivity index (χ0n) is 20.6. The maximum atomic E-state index is 13.2. The topological polar surface area (TPSA) is 261 Å². The van der Waals surface area contributed by atoms with Crippen LogP contribution in [0.2, 0.25) is 0 Å². The lowest BCUT2D eigenvalue weighted by molar-refractivity contribution is -0.629. The van der Waals surface area contributed by atoms with E-state index < -0.39 is 63.5 Å². The predicted octanol–water partition coefficient (Wildman–Crippen LogP) is -4.07. The summed E-state index contributed by atoms with van der Waals surface area (Å²) >= 11 is 0. The number of hydrogen-bond donors (Lipinski definition) is 11. The van der Waals surface area contributed by atoms with Gasteiger partial charge in [-0.1, -0.05) is 30.3 Å². The summed E-state index contributed by atoms with van der Waals surface area (Å²) in [5.41, 5.74) is -4.55. The molecule has 1 fully saturated rings. The molecule has 0 amide bonds. The zero-order chi connectivity index (χ0) is 29.4. The Morgan fingerprint density at radius 1 is 0.846 bits per heavy atom. The van der Waals surface area contributed by atoms with Gasteiger partial charge in [-0.25, -0.2) is 0 Å². The molecule has 0 saturated carbocycles. The van der Waals surface area contributed by atoms with Crippen molar-refractivity contribution in [3.8, 4) is 11.5 Å². The Bertz CT molecular complexity index is 1250. The first kappa shape index (κ1) is 29.2. The van der Waals surface area contributed by atoms with Crippen molar-refractivity contribution >= 4 is 5.78 Å². The summed E-state index contributed by atoms with van der Waals surface area (Å²) in [5, 5.41) is 119. The first-order valence-corrected chi connectivity index (χ1v) is 11.4. The highest BCUT2D eigenvalue weighted by Gasteiger charge is 2.87. The van der Waals surface area contributed by atoms with Gasteiger partial charge < -0.3 is 65.6 Å². The van der Waals surface area contributed by atoms with E-state index in [2.05, 4.69) is 0 Å². The van der Waals surface area contributed by atoms with Crippen LogP contribution in [0.4, 0.5) is 0 Å². The molecule has 1 saturated heterocycles. The molecule has 15 heteroatoms. The monoisotopic (exact) mass is 555 g/mol. The quantitative estimate of drug-likeness (QED) is 0.151. The van der Waals surface area contributed by atoms with Crippen molar-refractivity contribution in [3.05, 3.63) is 59.2 Å². The maximum Gasteiger partial charge on any atom is 0.294 e. The van der Waals surface area contributed by atoms with Gasteiger partial charge in [0.05, 0.1) is 14.2 Å². The van der Waals surface area contributed by atoms with Crippen molar-refractivity contribution in [2.75, 3.05) is 14.2 Å². The summed E-state index contributed by atoms with van der Waals surface area (Å²) in [7, 11) is 2.63. The van der Waals surface area contributed by atoms with Gasteiger partial charge in [0.25, 0.3) is 29.3 Å². The zero-order valence-corrected chi connectivity index (χ0v) is 20.6. The molecular formula is C24H29NO14. The van der Waals surface area contributed by atoms with Crippen molar-refractivity contribution in [2.24, 2.45) is 5.92 Å². The van der Waals surface area contributed by atoms with Gasteiger partial charge >= 0.3 is 0 Å². The average molecular weight is 555 g/mol. The summed E-state index contributed by atoms with van der Waals surface area (Å²) in [5.74, 6) is -24.4. The van der Waals surface area contributed by atoms with Gasteiger partial charge in [-0.2, -0.15) is 0 Å². The highest BCUT2D eigenvalue weighted by atomic mass is 16.7. The number of hydrogen-bond acceptors (Lipinski definition) is 15. The van der Waals surface area contributed by atoms with E-state index in [0.29, 0.717) is 5.56 Å². The van der Waals surface area contributed by atoms with Crippen LogP contribution in [0.1, 0.15) is 27.9 Å². The number of benzene rings is 2. The second-order valence-corrected chi connectivity index (χ2v) is 9.65. The van der Waals surface area contributed by atoms with Crippen LogP contribution in [-0.2, 0) is 12.3 Å². The smallest absolute Gasteiger partial charge is 0.294 e. The van der Waals surface area contributed by atoms with E-state index >= 15 is 0 Å². The number of Topliss-reactive ketones (excluding diaryl/α,β-unsaturated/α-hetero) is 1. The molecule has 11 N–H and O–H groups in total. The van der Waals surface area contributed by atoms with Gasteiger partial charge in [0.2, 0.25) is 0 Å². The molecule has 1 atom stereocenters. The van der Waals surface area contributed by atoms with Crippen molar-refractivity contribution < 1.29 is 70.4 Å². The lowest BCUT2D eigenvalue weighted by atomic mass is 9.69. The van der Waals surface area contributed by atoms with E-state index in [1.165, 1.54) is 44.6 Å². The minimum Gasteiger partial charge on any atom is -0.493 e. The minimum absolute atomic E-state index is 0.0222. The second-order valence-electron chi connectivity index (χ2n) is 9.65. The first-order chi connectivity index (χ1) is 17.8. The third-order valence-corrected chi connectivity index (χ3v) is 7.44. The lowest BCUT2D eigenvalue weighted by Gasteiger charge is -2.64. The number of likely N-dealkylation sites (tertiary alicyclic amines) is 1. The Hall–Kier alpha value is -2.77. The summed E-state index contributed by atoms with van der Waals surface area (Å²) in [6.45, 7) is 0. The van der Waals surface area contributed by atoms with E-state index in [9.17, 15) is 61.0 Å². The molecule has 1 aliphatic heterocycles. The Morgan fingerprint density at radius 3 is 1.82 bits per heavy atom. The number of nitrogens with zero attached hydrogens (tertiary/aromatic N) is 1. The number of methoxy groups -OCH3 is 2. The molecular weight excluding hydrogens is 526 g/mol. The number of carbonyl (C=O) groups excluding carboxylic acids is 1. The molecule has 1 aliphatic carbocycles. The largest absolute Gasteiger partial charge is 0.493 e. The predicted molar refractivity (Wildman–Crippen MR) is 124 cm³/mol.